The molecule has 8 nitrogen and oxygen atoms in total. The van der Waals surface area contributed by atoms with Crippen LogP contribution in [-0.2, 0) is 16.6 Å². The molecule has 3 heterocycles. The third kappa shape index (κ3) is 4.34. The third-order valence-electron chi connectivity index (χ3n) is 5.07. The Morgan fingerprint density at radius 3 is 2.77 bits per heavy atom. The number of nitrogens with zero attached hydrogens (tertiary/aromatic N) is 4. The van der Waals surface area contributed by atoms with Crippen LogP contribution in [0.5, 0.6) is 5.75 Å². The van der Waals surface area contributed by atoms with E-state index in [9.17, 15) is 12.8 Å². The lowest BCUT2D eigenvalue weighted by Crippen LogP contribution is -2.38. The zero-order valence-electron chi connectivity index (χ0n) is 16.4. The quantitative estimate of drug-likeness (QED) is 0.590. The molecule has 0 bridgehead atoms. The van der Waals surface area contributed by atoms with Crippen LogP contribution in [0.4, 0.5) is 4.39 Å². The number of hydrogen-bond acceptors (Lipinski definition) is 7. The summed E-state index contributed by atoms with van der Waals surface area (Å²) in [5.74, 6) is 1.09. The molecule has 158 valence electrons. The number of ether oxygens (including phenoxy) is 1. The average Bonchev–Trinajstić information content (AvgIpc) is 3.24. The Kier molecular flexibility index (Phi) is 5.78. The van der Waals surface area contributed by atoms with Crippen LogP contribution in [0.25, 0.3) is 0 Å². The Labute approximate surface area is 173 Å². The van der Waals surface area contributed by atoms with E-state index in [0.29, 0.717) is 49.0 Å². The number of halogens is 1. The van der Waals surface area contributed by atoms with Gasteiger partial charge in [0.1, 0.15) is 11.6 Å². The molecule has 0 radical (unpaired) electrons. The van der Waals surface area contributed by atoms with Gasteiger partial charge in [-0.05, 0) is 55.7 Å². The molecular formula is C20H21FN4O4S. The molecule has 3 aromatic rings. The van der Waals surface area contributed by atoms with Crippen molar-refractivity contribution >= 4 is 10.0 Å². The Morgan fingerprint density at radius 1 is 1.27 bits per heavy atom. The van der Waals surface area contributed by atoms with E-state index in [1.807, 2.05) is 0 Å². The van der Waals surface area contributed by atoms with Gasteiger partial charge in [-0.2, -0.15) is 9.29 Å². The minimum Gasteiger partial charge on any atom is -0.482 e. The molecule has 10 heteroatoms. The summed E-state index contributed by atoms with van der Waals surface area (Å²) in [6.07, 6.45) is 4.39. The molecule has 1 fully saturated rings. The van der Waals surface area contributed by atoms with Gasteiger partial charge in [0.15, 0.2) is 12.4 Å². The van der Waals surface area contributed by atoms with Crippen molar-refractivity contribution in [1.29, 1.82) is 0 Å². The number of piperidine rings is 1. The molecule has 0 saturated carbocycles. The topological polar surface area (TPSA) is 98.4 Å². The minimum absolute atomic E-state index is 0.00213. The maximum Gasteiger partial charge on any atom is 0.264 e. The van der Waals surface area contributed by atoms with Crippen molar-refractivity contribution in [3.63, 3.8) is 0 Å². The fourth-order valence-electron chi connectivity index (χ4n) is 3.35. The van der Waals surface area contributed by atoms with Gasteiger partial charge in [0.05, 0.1) is 11.1 Å². The lowest BCUT2D eigenvalue weighted by atomic mass is 9.98. The van der Waals surface area contributed by atoms with Crippen molar-refractivity contribution in [3.8, 4) is 5.75 Å². The predicted molar refractivity (Wildman–Crippen MR) is 105 cm³/mol. The summed E-state index contributed by atoms with van der Waals surface area (Å²) < 4.78 is 51.4. The summed E-state index contributed by atoms with van der Waals surface area (Å²) in [7, 11) is -3.66. The van der Waals surface area contributed by atoms with E-state index in [-0.39, 0.29) is 17.4 Å². The van der Waals surface area contributed by atoms with E-state index in [4.69, 9.17) is 9.26 Å². The van der Waals surface area contributed by atoms with E-state index in [1.165, 1.54) is 22.5 Å². The van der Waals surface area contributed by atoms with Gasteiger partial charge in [-0.25, -0.2) is 12.8 Å². The number of hydrogen-bond donors (Lipinski definition) is 0. The molecule has 30 heavy (non-hydrogen) atoms. The van der Waals surface area contributed by atoms with E-state index in [0.717, 1.165) is 0 Å². The fraction of sp³-hybridized carbons (Fsp3) is 0.350. The van der Waals surface area contributed by atoms with E-state index >= 15 is 0 Å². The number of aromatic nitrogens is 3. The lowest BCUT2D eigenvalue weighted by Gasteiger charge is -2.29. The molecule has 0 spiro atoms. The van der Waals surface area contributed by atoms with Gasteiger partial charge in [0.2, 0.25) is 10.0 Å². The van der Waals surface area contributed by atoms with Gasteiger partial charge in [-0.15, -0.1) is 0 Å². The Balaban J connectivity index is 1.36. The summed E-state index contributed by atoms with van der Waals surface area (Å²) in [4.78, 5) is 8.46. The number of benzene rings is 1. The second kappa shape index (κ2) is 8.49. The molecule has 0 aliphatic carbocycles. The SMILES string of the molecule is Cc1cc(S(=O)(=O)N2CCC(c3noc(COc4cccnc4)n3)CC2)ccc1F. The second-order valence-corrected chi connectivity index (χ2v) is 9.05. The highest BCUT2D eigenvalue weighted by atomic mass is 32.2. The molecule has 0 unspecified atom stereocenters. The van der Waals surface area contributed by atoms with Crippen molar-refractivity contribution in [1.82, 2.24) is 19.4 Å². The maximum absolute atomic E-state index is 13.5. The number of pyridine rings is 1. The molecule has 0 atom stereocenters. The van der Waals surface area contributed by atoms with Gasteiger partial charge in [0.25, 0.3) is 5.89 Å². The van der Waals surface area contributed by atoms with Crippen molar-refractivity contribution in [2.45, 2.75) is 37.2 Å². The molecule has 2 aromatic heterocycles. The minimum atomic E-state index is -3.66. The first-order valence-electron chi connectivity index (χ1n) is 9.55. The maximum atomic E-state index is 13.5. The van der Waals surface area contributed by atoms with Crippen LogP contribution in [0, 0.1) is 12.7 Å². The van der Waals surface area contributed by atoms with Crippen LogP contribution in [0.15, 0.2) is 52.1 Å². The van der Waals surface area contributed by atoms with E-state index in [2.05, 4.69) is 15.1 Å². The van der Waals surface area contributed by atoms with Crippen LogP contribution in [0.1, 0.15) is 36.0 Å². The summed E-state index contributed by atoms with van der Waals surface area (Å²) in [5, 5.41) is 4.03. The smallest absolute Gasteiger partial charge is 0.264 e. The summed E-state index contributed by atoms with van der Waals surface area (Å²) in [5.41, 5.74) is 0.304. The van der Waals surface area contributed by atoms with Crippen molar-refractivity contribution < 1.29 is 22.1 Å². The first-order chi connectivity index (χ1) is 14.4. The summed E-state index contributed by atoms with van der Waals surface area (Å²) in [6.45, 7) is 2.35. The summed E-state index contributed by atoms with van der Waals surface area (Å²) in [6, 6.07) is 7.40. The van der Waals surface area contributed by atoms with Crippen molar-refractivity contribution in [2.24, 2.45) is 0 Å². The monoisotopic (exact) mass is 432 g/mol. The lowest BCUT2D eigenvalue weighted by molar-refractivity contribution is 0.241. The molecule has 0 N–H and O–H groups in total. The first-order valence-corrected chi connectivity index (χ1v) is 11.0. The largest absolute Gasteiger partial charge is 0.482 e. The van der Waals surface area contributed by atoms with Crippen molar-refractivity contribution in [3.05, 3.63) is 65.8 Å². The van der Waals surface area contributed by atoms with Crippen LogP contribution < -0.4 is 4.74 Å². The zero-order chi connectivity index (χ0) is 21.1. The number of sulfonamides is 1. The van der Waals surface area contributed by atoms with Gasteiger partial charge < -0.3 is 9.26 Å². The fourth-order valence-corrected chi connectivity index (χ4v) is 4.91. The number of rotatable bonds is 6. The predicted octanol–water partition coefficient (Wildman–Crippen LogP) is 3.06. The highest BCUT2D eigenvalue weighted by Gasteiger charge is 2.32. The first kappa shape index (κ1) is 20.4. The Hall–Kier alpha value is -2.85. The normalized spacial score (nSPS) is 15.9. The molecule has 1 aromatic carbocycles. The average molecular weight is 432 g/mol. The molecule has 4 rings (SSSR count). The third-order valence-corrected chi connectivity index (χ3v) is 6.96. The van der Waals surface area contributed by atoms with E-state index < -0.39 is 15.8 Å². The van der Waals surface area contributed by atoms with Gasteiger partial charge in [0, 0.05) is 25.2 Å². The van der Waals surface area contributed by atoms with Gasteiger partial charge in [-0.1, -0.05) is 5.16 Å². The molecule has 0 amide bonds. The van der Waals surface area contributed by atoms with Crippen molar-refractivity contribution in [2.75, 3.05) is 13.1 Å². The van der Waals surface area contributed by atoms with Crippen LogP contribution >= 0.6 is 0 Å². The molecule has 1 saturated heterocycles. The Bertz CT molecular complexity index is 1110. The Morgan fingerprint density at radius 2 is 2.07 bits per heavy atom. The summed E-state index contributed by atoms with van der Waals surface area (Å²) >= 11 is 0. The molecule has 1 aliphatic heterocycles. The highest BCUT2D eigenvalue weighted by molar-refractivity contribution is 7.89. The van der Waals surface area contributed by atoms with Crippen LogP contribution in [0.3, 0.4) is 0 Å². The van der Waals surface area contributed by atoms with Crippen LogP contribution in [-0.4, -0.2) is 40.9 Å². The van der Waals surface area contributed by atoms with Gasteiger partial charge in [-0.3, -0.25) is 4.98 Å². The standard InChI is InChI=1S/C20H21FN4O4S/c1-14-11-17(4-5-18(14)21)30(26,27)25-9-6-15(7-10-25)20-23-19(29-24-20)13-28-16-3-2-8-22-12-16/h2-5,8,11-12,15H,6-7,9-10,13H2,1H3. The van der Waals surface area contributed by atoms with Crippen LogP contribution in [0.2, 0.25) is 0 Å². The number of aryl methyl sites for hydroxylation is 1. The van der Waals surface area contributed by atoms with Gasteiger partial charge >= 0.3 is 0 Å². The second-order valence-electron chi connectivity index (χ2n) is 7.11. The van der Waals surface area contributed by atoms with E-state index in [1.54, 1.807) is 31.5 Å². The molecule has 1 aliphatic rings. The molecular weight excluding hydrogens is 411 g/mol. The highest BCUT2D eigenvalue weighted by Crippen LogP contribution is 2.29. The zero-order valence-corrected chi connectivity index (χ0v) is 17.2.